The summed E-state index contributed by atoms with van der Waals surface area (Å²) < 4.78 is 0. The molecule has 1 aromatic rings. The van der Waals surface area contributed by atoms with E-state index in [1.807, 2.05) is 0 Å². The van der Waals surface area contributed by atoms with Gasteiger partial charge in [-0.3, -0.25) is 14.4 Å². The number of benzene rings is 1. The van der Waals surface area contributed by atoms with Gasteiger partial charge in [-0.05, 0) is 44.7 Å². The van der Waals surface area contributed by atoms with Gasteiger partial charge < -0.3 is 10.6 Å². The van der Waals surface area contributed by atoms with E-state index in [9.17, 15) is 14.4 Å². The van der Waals surface area contributed by atoms with Crippen molar-refractivity contribution >= 4 is 23.3 Å². The lowest BCUT2D eigenvalue weighted by molar-refractivity contribution is -0.135. The van der Waals surface area contributed by atoms with E-state index in [0.29, 0.717) is 24.1 Å². The first kappa shape index (κ1) is 16.7. The Kier molecular flexibility index (Phi) is 4.69. The standard InChI is InChI=1S/C19H24N2O3/c1-13(22)14-6-5-9-16(12-14)21-18(24)19(10-11-19)17(23)20-15-7-3-2-4-8-15/h5-6,9,12,15H,2-4,7-8,10-11H2,1H3,(H,20,23)(H,21,24). The van der Waals surface area contributed by atoms with Crippen molar-refractivity contribution in [1.82, 2.24) is 5.32 Å². The van der Waals surface area contributed by atoms with Crippen molar-refractivity contribution in [3.8, 4) is 0 Å². The van der Waals surface area contributed by atoms with Crippen LogP contribution in [0.3, 0.4) is 0 Å². The smallest absolute Gasteiger partial charge is 0.240 e. The van der Waals surface area contributed by atoms with Crippen LogP contribution in [0.15, 0.2) is 24.3 Å². The van der Waals surface area contributed by atoms with Crippen molar-refractivity contribution < 1.29 is 14.4 Å². The number of hydrogen-bond acceptors (Lipinski definition) is 3. The maximum atomic E-state index is 12.6. The molecule has 5 nitrogen and oxygen atoms in total. The average Bonchev–Trinajstić information content (AvgIpc) is 3.38. The van der Waals surface area contributed by atoms with E-state index in [1.54, 1.807) is 24.3 Å². The summed E-state index contributed by atoms with van der Waals surface area (Å²) in [4.78, 5) is 36.6. The zero-order chi connectivity index (χ0) is 17.2. The number of ketones is 1. The van der Waals surface area contributed by atoms with E-state index >= 15 is 0 Å². The van der Waals surface area contributed by atoms with Crippen LogP contribution in [-0.4, -0.2) is 23.6 Å². The highest BCUT2D eigenvalue weighted by atomic mass is 16.2. The van der Waals surface area contributed by atoms with Gasteiger partial charge in [-0.1, -0.05) is 31.4 Å². The molecule has 0 radical (unpaired) electrons. The number of anilines is 1. The largest absolute Gasteiger partial charge is 0.352 e. The topological polar surface area (TPSA) is 75.3 Å². The van der Waals surface area contributed by atoms with Gasteiger partial charge >= 0.3 is 0 Å². The van der Waals surface area contributed by atoms with Gasteiger partial charge in [0.05, 0.1) is 0 Å². The second kappa shape index (κ2) is 6.75. The van der Waals surface area contributed by atoms with Crippen LogP contribution >= 0.6 is 0 Å². The number of Topliss-reactive ketones (excluding diaryl/α,β-unsaturated/α-hetero) is 1. The minimum absolute atomic E-state index is 0.0534. The number of nitrogens with one attached hydrogen (secondary N) is 2. The summed E-state index contributed by atoms with van der Waals surface area (Å²) in [6.45, 7) is 1.49. The molecule has 3 rings (SSSR count). The van der Waals surface area contributed by atoms with Gasteiger partial charge in [0, 0.05) is 17.3 Å². The molecule has 5 heteroatoms. The van der Waals surface area contributed by atoms with Crippen LogP contribution in [0.1, 0.15) is 62.2 Å². The quantitative estimate of drug-likeness (QED) is 0.644. The fourth-order valence-corrected chi connectivity index (χ4v) is 3.32. The highest BCUT2D eigenvalue weighted by Gasteiger charge is 2.56. The summed E-state index contributed by atoms with van der Waals surface area (Å²) in [5.74, 6) is -0.464. The predicted octanol–water partition coefficient (Wildman–Crippen LogP) is 3.06. The van der Waals surface area contributed by atoms with Crippen LogP contribution in [0.2, 0.25) is 0 Å². The Morgan fingerprint density at radius 3 is 2.38 bits per heavy atom. The second-order valence-electron chi connectivity index (χ2n) is 6.98. The molecular formula is C19H24N2O3. The maximum Gasteiger partial charge on any atom is 0.240 e. The molecule has 0 spiro atoms. The second-order valence-corrected chi connectivity index (χ2v) is 6.98. The molecular weight excluding hydrogens is 304 g/mol. The molecule has 24 heavy (non-hydrogen) atoms. The molecule has 0 aromatic heterocycles. The van der Waals surface area contributed by atoms with E-state index in [2.05, 4.69) is 10.6 Å². The summed E-state index contributed by atoms with van der Waals surface area (Å²) in [5, 5.41) is 5.87. The monoisotopic (exact) mass is 328 g/mol. The fourth-order valence-electron chi connectivity index (χ4n) is 3.32. The number of carbonyl (C=O) groups is 3. The van der Waals surface area contributed by atoms with Crippen molar-refractivity contribution in [1.29, 1.82) is 0 Å². The number of amides is 2. The van der Waals surface area contributed by atoms with E-state index in [1.165, 1.54) is 13.3 Å². The first-order valence-electron chi connectivity index (χ1n) is 8.75. The Balaban J connectivity index is 1.64. The van der Waals surface area contributed by atoms with Gasteiger partial charge in [0.25, 0.3) is 0 Å². The van der Waals surface area contributed by atoms with Gasteiger partial charge in [0.15, 0.2) is 5.78 Å². The molecule has 2 N–H and O–H groups in total. The molecule has 2 amide bonds. The Morgan fingerprint density at radius 1 is 1.04 bits per heavy atom. The molecule has 0 saturated heterocycles. The van der Waals surface area contributed by atoms with Crippen LogP contribution < -0.4 is 10.6 Å². The summed E-state index contributed by atoms with van der Waals surface area (Å²) >= 11 is 0. The zero-order valence-electron chi connectivity index (χ0n) is 14.1. The SMILES string of the molecule is CC(=O)c1cccc(NC(=O)C2(C(=O)NC3CCCCC3)CC2)c1. The molecule has 128 valence electrons. The molecule has 0 atom stereocenters. The number of hydrogen-bond donors (Lipinski definition) is 2. The van der Waals surface area contributed by atoms with Crippen LogP contribution in [0.25, 0.3) is 0 Å². The molecule has 2 saturated carbocycles. The lowest BCUT2D eigenvalue weighted by Gasteiger charge is -2.25. The molecule has 0 bridgehead atoms. The Labute approximate surface area is 142 Å². The van der Waals surface area contributed by atoms with E-state index in [-0.39, 0.29) is 23.6 Å². The van der Waals surface area contributed by atoms with Crippen molar-refractivity contribution in [2.75, 3.05) is 5.32 Å². The Morgan fingerprint density at radius 2 is 1.75 bits per heavy atom. The van der Waals surface area contributed by atoms with Crippen LogP contribution in [0.5, 0.6) is 0 Å². The molecule has 1 aromatic carbocycles. The lowest BCUT2D eigenvalue weighted by Crippen LogP contribution is -2.45. The van der Waals surface area contributed by atoms with Gasteiger partial charge in [0.1, 0.15) is 5.41 Å². The summed E-state index contributed by atoms with van der Waals surface area (Å²) in [6, 6.07) is 7.03. The third kappa shape index (κ3) is 3.50. The van der Waals surface area contributed by atoms with E-state index in [4.69, 9.17) is 0 Å². The van der Waals surface area contributed by atoms with Crippen LogP contribution in [0.4, 0.5) is 5.69 Å². The normalized spacial score (nSPS) is 19.4. The zero-order valence-corrected chi connectivity index (χ0v) is 14.1. The minimum atomic E-state index is -0.927. The highest BCUT2D eigenvalue weighted by molar-refractivity contribution is 6.13. The maximum absolute atomic E-state index is 12.6. The van der Waals surface area contributed by atoms with E-state index < -0.39 is 5.41 Å². The molecule has 2 fully saturated rings. The van der Waals surface area contributed by atoms with E-state index in [0.717, 1.165) is 25.7 Å². The van der Waals surface area contributed by atoms with Crippen molar-refractivity contribution in [3.05, 3.63) is 29.8 Å². The fraction of sp³-hybridized carbons (Fsp3) is 0.526. The number of carbonyl (C=O) groups excluding carboxylic acids is 3. The van der Waals surface area contributed by atoms with Crippen LogP contribution in [0, 0.1) is 5.41 Å². The Hall–Kier alpha value is -2.17. The summed E-state index contributed by atoms with van der Waals surface area (Å²) in [5.41, 5.74) is 0.178. The third-order valence-corrected chi connectivity index (χ3v) is 5.09. The van der Waals surface area contributed by atoms with Gasteiger partial charge in [-0.15, -0.1) is 0 Å². The van der Waals surface area contributed by atoms with Crippen LogP contribution in [-0.2, 0) is 9.59 Å². The summed E-state index contributed by atoms with van der Waals surface area (Å²) in [7, 11) is 0. The molecule has 2 aliphatic rings. The molecule has 0 aliphatic heterocycles. The summed E-state index contributed by atoms with van der Waals surface area (Å²) in [6.07, 6.45) is 6.69. The molecule has 0 heterocycles. The first-order chi connectivity index (χ1) is 11.5. The van der Waals surface area contributed by atoms with Crippen molar-refractivity contribution in [2.45, 2.75) is 57.9 Å². The van der Waals surface area contributed by atoms with Gasteiger partial charge in [0.2, 0.25) is 11.8 Å². The molecule has 2 aliphatic carbocycles. The lowest BCUT2D eigenvalue weighted by atomic mass is 9.94. The minimum Gasteiger partial charge on any atom is -0.352 e. The molecule has 0 unspecified atom stereocenters. The highest BCUT2D eigenvalue weighted by Crippen LogP contribution is 2.47. The average molecular weight is 328 g/mol. The van der Waals surface area contributed by atoms with Crippen molar-refractivity contribution in [3.63, 3.8) is 0 Å². The predicted molar refractivity (Wildman–Crippen MR) is 91.8 cm³/mol. The number of rotatable bonds is 5. The third-order valence-electron chi connectivity index (χ3n) is 5.09. The van der Waals surface area contributed by atoms with Gasteiger partial charge in [-0.25, -0.2) is 0 Å². The van der Waals surface area contributed by atoms with Crippen molar-refractivity contribution in [2.24, 2.45) is 5.41 Å². The van der Waals surface area contributed by atoms with Gasteiger partial charge in [-0.2, -0.15) is 0 Å². The first-order valence-corrected chi connectivity index (χ1v) is 8.75. The Bertz CT molecular complexity index is 658.